The zero-order chi connectivity index (χ0) is 31.8. The van der Waals surface area contributed by atoms with Crippen LogP contribution in [-0.2, 0) is 16.0 Å². The number of piperidine rings is 3. The molecule has 5 heterocycles. The minimum Gasteiger partial charge on any atom is -0.436 e. The molecule has 0 bridgehead atoms. The van der Waals surface area contributed by atoms with Crippen LogP contribution in [0.2, 0.25) is 0 Å². The maximum absolute atomic E-state index is 14.1. The fourth-order valence-electron chi connectivity index (χ4n) is 8.06. The molecule has 7 rings (SSSR count). The summed E-state index contributed by atoms with van der Waals surface area (Å²) in [5.41, 5.74) is 4.51. The predicted octanol–water partition coefficient (Wildman–Crippen LogP) is 4.48. The molecule has 0 unspecified atom stereocenters. The standard InChI is InChI=1S/C35H45N7O4/c1-23-19-24(20-27-22-36-38-32(23)27)21-31(33(43)40-15-9-26(10-16-40)25-7-13-39(2)14-8-25)46-35(45)41-17-11-28(12-18-41)42-30-6-4-3-5-29(30)37-34(42)44/h3-6,19-20,22,25-26,28,31H,7-18,21H2,1-2H3,(H,36,38)(H,37,44)/t31-/m1/s1. The SMILES string of the molecule is Cc1cc(C[C@@H](OC(=O)N2CCC(n3c(=O)[nH]c4ccccc43)CC2)C(=O)N2CCC(C3CCN(C)CC3)CC2)cc2cn[nH]c12. The monoisotopic (exact) mass is 627 g/mol. The molecule has 3 aliphatic rings. The van der Waals surface area contributed by atoms with Crippen molar-refractivity contribution in [1.29, 1.82) is 0 Å². The molecule has 3 saturated heterocycles. The van der Waals surface area contributed by atoms with E-state index in [1.165, 1.54) is 12.8 Å². The lowest BCUT2D eigenvalue weighted by atomic mass is 9.79. The van der Waals surface area contributed by atoms with Crippen molar-refractivity contribution in [3.63, 3.8) is 0 Å². The first kappa shape index (κ1) is 30.5. The van der Waals surface area contributed by atoms with Crippen LogP contribution < -0.4 is 5.69 Å². The van der Waals surface area contributed by atoms with Crippen molar-refractivity contribution in [2.45, 2.75) is 64.0 Å². The lowest BCUT2D eigenvalue weighted by molar-refractivity contribution is -0.142. The third-order valence-corrected chi connectivity index (χ3v) is 10.7. The quantitative estimate of drug-likeness (QED) is 0.326. The van der Waals surface area contributed by atoms with E-state index in [1.807, 2.05) is 52.8 Å². The van der Waals surface area contributed by atoms with Crippen molar-refractivity contribution in [2.75, 3.05) is 46.3 Å². The van der Waals surface area contributed by atoms with Gasteiger partial charge in [0.1, 0.15) is 0 Å². The highest BCUT2D eigenvalue weighted by Crippen LogP contribution is 2.33. The normalized spacial score (nSPS) is 20.0. The number of amides is 2. The number of carbonyl (C=O) groups is 2. The average Bonchev–Trinajstić information content (AvgIpc) is 3.68. The summed E-state index contributed by atoms with van der Waals surface area (Å²) in [5, 5.41) is 8.19. The number of aromatic amines is 2. The van der Waals surface area contributed by atoms with Crippen LogP contribution >= 0.6 is 0 Å². The van der Waals surface area contributed by atoms with Crippen molar-refractivity contribution in [3.05, 3.63) is 64.2 Å². The third kappa shape index (κ3) is 6.17. The molecular weight excluding hydrogens is 582 g/mol. The summed E-state index contributed by atoms with van der Waals surface area (Å²) in [6, 6.07) is 11.7. The van der Waals surface area contributed by atoms with Crippen LogP contribution in [-0.4, -0.2) is 98.9 Å². The Morgan fingerprint density at radius 2 is 1.61 bits per heavy atom. The molecule has 2 aromatic heterocycles. The fraction of sp³-hybridized carbons (Fsp3) is 0.543. The van der Waals surface area contributed by atoms with Gasteiger partial charge in [-0.15, -0.1) is 0 Å². The highest BCUT2D eigenvalue weighted by molar-refractivity contribution is 5.85. The number of likely N-dealkylation sites (tertiary alicyclic amines) is 3. The minimum absolute atomic E-state index is 0.0133. The Hall–Kier alpha value is -4.12. The molecule has 0 saturated carbocycles. The molecule has 2 aromatic carbocycles. The maximum Gasteiger partial charge on any atom is 0.410 e. The number of H-pyrrole nitrogens is 2. The van der Waals surface area contributed by atoms with Gasteiger partial charge in [-0.05, 0) is 107 Å². The Morgan fingerprint density at radius 3 is 2.35 bits per heavy atom. The summed E-state index contributed by atoms with van der Waals surface area (Å²) in [5.74, 6) is 1.27. The van der Waals surface area contributed by atoms with E-state index in [1.54, 1.807) is 11.1 Å². The van der Waals surface area contributed by atoms with E-state index >= 15 is 0 Å². The van der Waals surface area contributed by atoms with Crippen molar-refractivity contribution < 1.29 is 14.3 Å². The molecule has 0 aliphatic carbocycles. The Bertz CT molecular complexity index is 1750. The van der Waals surface area contributed by atoms with Crippen LogP contribution in [0, 0.1) is 18.8 Å². The number of ether oxygens (including phenoxy) is 1. The fourth-order valence-corrected chi connectivity index (χ4v) is 8.06. The van der Waals surface area contributed by atoms with Crippen LogP contribution in [0.4, 0.5) is 4.79 Å². The van der Waals surface area contributed by atoms with Crippen LogP contribution in [0.1, 0.15) is 55.7 Å². The van der Waals surface area contributed by atoms with E-state index in [0.717, 1.165) is 64.9 Å². The number of carbonyl (C=O) groups excluding carboxylic acids is 2. The van der Waals surface area contributed by atoms with E-state index in [9.17, 15) is 14.4 Å². The number of fused-ring (bicyclic) bond motifs is 2. The van der Waals surface area contributed by atoms with Gasteiger partial charge in [0.15, 0.2) is 6.10 Å². The van der Waals surface area contributed by atoms with Crippen molar-refractivity contribution in [3.8, 4) is 0 Å². The summed E-state index contributed by atoms with van der Waals surface area (Å²) in [6.45, 7) is 6.64. The smallest absolute Gasteiger partial charge is 0.410 e. The molecule has 0 spiro atoms. The number of para-hydroxylation sites is 2. The second-order valence-corrected chi connectivity index (χ2v) is 13.7. The summed E-state index contributed by atoms with van der Waals surface area (Å²) in [4.78, 5) is 49.4. The molecule has 4 aromatic rings. The van der Waals surface area contributed by atoms with E-state index in [-0.39, 0.29) is 17.6 Å². The third-order valence-electron chi connectivity index (χ3n) is 10.7. The topological polar surface area (TPSA) is 120 Å². The van der Waals surface area contributed by atoms with Gasteiger partial charge >= 0.3 is 11.8 Å². The first-order chi connectivity index (χ1) is 22.3. The molecule has 46 heavy (non-hydrogen) atoms. The number of rotatable bonds is 6. The van der Waals surface area contributed by atoms with Crippen molar-refractivity contribution in [2.24, 2.45) is 11.8 Å². The highest BCUT2D eigenvalue weighted by atomic mass is 16.6. The lowest BCUT2D eigenvalue weighted by Gasteiger charge is -2.40. The van der Waals surface area contributed by atoms with Crippen molar-refractivity contribution in [1.82, 2.24) is 34.4 Å². The minimum atomic E-state index is -0.912. The van der Waals surface area contributed by atoms with Gasteiger partial charge < -0.3 is 24.4 Å². The number of hydrogen-bond acceptors (Lipinski definition) is 6. The molecule has 1 atom stereocenters. The Kier molecular flexibility index (Phi) is 8.59. The van der Waals surface area contributed by atoms with E-state index in [0.29, 0.717) is 51.4 Å². The first-order valence-electron chi connectivity index (χ1n) is 16.9. The van der Waals surface area contributed by atoms with Crippen LogP contribution in [0.25, 0.3) is 21.9 Å². The molecule has 244 valence electrons. The molecule has 11 heteroatoms. The van der Waals surface area contributed by atoms with Crippen LogP contribution in [0.15, 0.2) is 47.4 Å². The Labute approximate surface area is 268 Å². The number of nitrogens with zero attached hydrogens (tertiary/aromatic N) is 5. The first-order valence-corrected chi connectivity index (χ1v) is 16.9. The average molecular weight is 628 g/mol. The van der Waals surface area contributed by atoms with Gasteiger partial charge in [-0.3, -0.25) is 14.5 Å². The molecule has 2 amide bonds. The summed E-state index contributed by atoms with van der Waals surface area (Å²) < 4.78 is 7.92. The van der Waals surface area contributed by atoms with Gasteiger partial charge in [-0.25, -0.2) is 9.59 Å². The van der Waals surface area contributed by atoms with E-state index < -0.39 is 12.2 Å². The number of benzene rings is 2. The molecule has 2 N–H and O–H groups in total. The molecule has 11 nitrogen and oxygen atoms in total. The molecular formula is C35H45N7O4. The Balaban J connectivity index is 1.03. The second-order valence-electron chi connectivity index (χ2n) is 13.7. The van der Waals surface area contributed by atoms with Gasteiger partial charge in [0, 0.05) is 44.0 Å². The number of imidazole rings is 1. The van der Waals surface area contributed by atoms with Crippen molar-refractivity contribution >= 4 is 33.9 Å². The van der Waals surface area contributed by atoms with Crippen LogP contribution in [0.3, 0.4) is 0 Å². The van der Waals surface area contributed by atoms with Gasteiger partial charge in [0.2, 0.25) is 0 Å². The van der Waals surface area contributed by atoms with Gasteiger partial charge in [0.05, 0.1) is 22.7 Å². The lowest BCUT2D eigenvalue weighted by Crippen LogP contribution is -2.49. The van der Waals surface area contributed by atoms with Gasteiger partial charge in [-0.1, -0.05) is 18.2 Å². The molecule has 0 radical (unpaired) electrons. The summed E-state index contributed by atoms with van der Waals surface area (Å²) >= 11 is 0. The summed E-state index contributed by atoms with van der Waals surface area (Å²) in [6.07, 6.45) is 6.45. The zero-order valence-electron chi connectivity index (χ0n) is 26.9. The highest BCUT2D eigenvalue weighted by Gasteiger charge is 2.36. The Morgan fingerprint density at radius 1 is 0.935 bits per heavy atom. The van der Waals surface area contributed by atoms with Gasteiger partial charge in [-0.2, -0.15) is 5.10 Å². The molecule has 3 fully saturated rings. The number of aryl methyl sites for hydroxylation is 1. The zero-order valence-corrected chi connectivity index (χ0v) is 26.9. The van der Waals surface area contributed by atoms with Crippen LogP contribution in [0.5, 0.6) is 0 Å². The second kappa shape index (κ2) is 12.9. The maximum atomic E-state index is 14.1. The number of aromatic nitrogens is 4. The predicted molar refractivity (Wildman–Crippen MR) is 177 cm³/mol. The molecule has 3 aliphatic heterocycles. The number of nitrogens with one attached hydrogen (secondary N) is 2. The van der Waals surface area contributed by atoms with E-state index in [2.05, 4.69) is 27.1 Å². The van der Waals surface area contributed by atoms with E-state index in [4.69, 9.17) is 4.74 Å². The van der Waals surface area contributed by atoms with Gasteiger partial charge in [0.25, 0.3) is 5.91 Å². The number of hydrogen-bond donors (Lipinski definition) is 2. The largest absolute Gasteiger partial charge is 0.436 e. The summed E-state index contributed by atoms with van der Waals surface area (Å²) in [7, 11) is 2.19.